The molecule has 26 heavy (non-hydrogen) atoms. The maximum absolute atomic E-state index is 13.0. The molecule has 0 unspecified atom stereocenters. The lowest BCUT2D eigenvalue weighted by molar-refractivity contribution is -0.122. The second-order valence-electron chi connectivity index (χ2n) is 6.32. The average molecular weight is 369 g/mol. The van der Waals surface area contributed by atoms with E-state index in [-0.39, 0.29) is 10.7 Å². The molecule has 0 radical (unpaired) electrons. The summed E-state index contributed by atoms with van der Waals surface area (Å²) in [4.78, 5) is 28.5. The van der Waals surface area contributed by atoms with Crippen molar-refractivity contribution in [1.82, 2.24) is 5.32 Å². The number of benzene rings is 1. The van der Waals surface area contributed by atoms with Gasteiger partial charge in [0.15, 0.2) is 11.0 Å². The van der Waals surface area contributed by atoms with E-state index < -0.39 is 11.8 Å². The Bertz CT molecular complexity index is 943. The van der Waals surface area contributed by atoms with Crippen LogP contribution in [0.15, 0.2) is 40.3 Å². The summed E-state index contributed by atoms with van der Waals surface area (Å²) in [6, 6.07) is 9.21. The second kappa shape index (κ2) is 6.76. The fraction of sp³-hybridized carbons (Fsp3) is 0.211. The van der Waals surface area contributed by atoms with Crippen LogP contribution in [-0.2, 0) is 9.59 Å². The Kier molecular flexibility index (Phi) is 4.65. The third-order valence-corrected chi connectivity index (χ3v) is 4.33. The SMILES string of the molecule is Cc1ccc(C)c(N2C(=O)/C(=C/c3ccc(N(C)C)o3)C(=O)NC2=S)c1. The van der Waals surface area contributed by atoms with Crippen molar-refractivity contribution in [1.29, 1.82) is 0 Å². The number of rotatable bonds is 3. The van der Waals surface area contributed by atoms with Gasteiger partial charge in [0.2, 0.25) is 0 Å². The Morgan fingerprint density at radius 1 is 1.15 bits per heavy atom. The van der Waals surface area contributed by atoms with Crippen molar-refractivity contribution < 1.29 is 14.0 Å². The summed E-state index contributed by atoms with van der Waals surface area (Å²) in [6.45, 7) is 3.82. The zero-order valence-corrected chi connectivity index (χ0v) is 15.8. The maximum atomic E-state index is 13.0. The van der Waals surface area contributed by atoms with Crippen LogP contribution in [0.4, 0.5) is 11.6 Å². The molecular formula is C19H19N3O3S. The summed E-state index contributed by atoms with van der Waals surface area (Å²) in [6.07, 6.45) is 1.44. The largest absolute Gasteiger partial charge is 0.441 e. The van der Waals surface area contributed by atoms with E-state index in [9.17, 15) is 9.59 Å². The molecule has 0 atom stereocenters. The van der Waals surface area contributed by atoms with Crippen molar-refractivity contribution in [2.45, 2.75) is 13.8 Å². The van der Waals surface area contributed by atoms with Gasteiger partial charge in [-0.25, -0.2) is 0 Å². The number of carbonyl (C=O) groups excluding carboxylic acids is 2. The van der Waals surface area contributed by atoms with E-state index in [4.69, 9.17) is 16.6 Å². The smallest absolute Gasteiger partial charge is 0.270 e. The highest BCUT2D eigenvalue weighted by atomic mass is 32.1. The lowest BCUT2D eigenvalue weighted by Crippen LogP contribution is -2.54. The van der Waals surface area contributed by atoms with Crippen molar-refractivity contribution in [3.05, 3.63) is 52.8 Å². The number of aryl methyl sites for hydroxylation is 2. The summed E-state index contributed by atoms with van der Waals surface area (Å²) in [7, 11) is 3.68. The zero-order chi connectivity index (χ0) is 19.0. The molecule has 0 saturated carbocycles. The van der Waals surface area contributed by atoms with E-state index in [1.165, 1.54) is 11.0 Å². The van der Waals surface area contributed by atoms with Crippen molar-refractivity contribution >= 4 is 46.8 Å². The Balaban J connectivity index is 2.02. The van der Waals surface area contributed by atoms with E-state index in [1.54, 1.807) is 17.0 Å². The molecule has 1 aromatic carbocycles. The zero-order valence-electron chi connectivity index (χ0n) is 15.0. The summed E-state index contributed by atoms with van der Waals surface area (Å²) in [5, 5.41) is 2.65. The number of furan rings is 1. The minimum atomic E-state index is -0.538. The first-order valence-electron chi connectivity index (χ1n) is 8.04. The number of carbonyl (C=O) groups is 2. The van der Waals surface area contributed by atoms with E-state index in [0.717, 1.165) is 11.1 Å². The molecule has 1 aromatic heterocycles. The number of hydrogen-bond donors (Lipinski definition) is 1. The molecule has 1 fully saturated rings. The molecule has 0 bridgehead atoms. The molecule has 2 heterocycles. The van der Waals surface area contributed by atoms with Gasteiger partial charge in [-0.2, -0.15) is 0 Å². The van der Waals surface area contributed by atoms with Gasteiger partial charge in [0.25, 0.3) is 11.8 Å². The first kappa shape index (κ1) is 17.9. The van der Waals surface area contributed by atoms with Gasteiger partial charge in [-0.3, -0.25) is 19.8 Å². The van der Waals surface area contributed by atoms with Gasteiger partial charge in [-0.05, 0) is 55.4 Å². The Labute approximate surface area is 157 Å². The van der Waals surface area contributed by atoms with Gasteiger partial charge in [-0.1, -0.05) is 12.1 Å². The fourth-order valence-electron chi connectivity index (χ4n) is 2.64. The lowest BCUT2D eigenvalue weighted by atomic mass is 10.1. The molecule has 0 spiro atoms. The Morgan fingerprint density at radius 2 is 1.88 bits per heavy atom. The Morgan fingerprint density at radius 3 is 2.54 bits per heavy atom. The van der Waals surface area contributed by atoms with Crippen molar-refractivity contribution in [3.8, 4) is 0 Å². The average Bonchev–Trinajstić information content (AvgIpc) is 3.03. The maximum Gasteiger partial charge on any atom is 0.270 e. The molecule has 6 nitrogen and oxygen atoms in total. The molecule has 0 aliphatic carbocycles. The minimum Gasteiger partial charge on any atom is -0.441 e. The van der Waals surface area contributed by atoms with E-state index in [2.05, 4.69) is 5.32 Å². The topological polar surface area (TPSA) is 65.8 Å². The molecule has 2 aromatic rings. The first-order chi connectivity index (χ1) is 12.3. The number of nitrogens with one attached hydrogen (secondary N) is 1. The van der Waals surface area contributed by atoms with Crippen LogP contribution in [0.3, 0.4) is 0 Å². The number of nitrogens with zero attached hydrogens (tertiary/aromatic N) is 2. The van der Waals surface area contributed by atoms with Crippen LogP contribution < -0.4 is 15.1 Å². The number of anilines is 2. The molecular weight excluding hydrogens is 350 g/mol. The van der Waals surface area contributed by atoms with Crippen LogP contribution in [0.1, 0.15) is 16.9 Å². The van der Waals surface area contributed by atoms with Crippen LogP contribution in [-0.4, -0.2) is 31.0 Å². The first-order valence-corrected chi connectivity index (χ1v) is 8.44. The molecule has 3 rings (SSSR count). The normalized spacial score (nSPS) is 16.2. The highest BCUT2D eigenvalue weighted by molar-refractivity contribution is 7.80. The monoisotopic (exact) mass is 369 g/mol. The third-order valence-electron chi connectivity index (χ3n) is 4.05. The lowest BCUT2D eigenvalue weighted by Gasteiger charge is -2.30. The molecule has 7 heteroatoms. The quantitative estimate of drug-likeness (QED) is 0.512. The van der Waals surface area contributed by atoms with Crippen LogP contribution in [0, 0.1) is 13.8 Å². The summed E-state index contributed by atoms with van der Waals surface area (Å²) in [5.74, 6) is 0.0305. The van der Waals surface area contributed by atoms with E-state index in [1.807, 2.05) is 46.1 Å². The summed E-state index contributed by atoms with van der Waals surface area (Å²) < 4.78 is 5.62. The van der Waals surface area contributed by atoms with Gasteiger partial charge in [0, 0.05) is 20.2 Å². The fourth-order valence-corrected chi connectivity index (χ4v) is 2.91. The standard InChI is InChI=1S/C19H19N3O3S/c1-11-5-6-12(2)15(9-11)22-18(24)14(17(23)20-19(22)26)10-13-7-8-16(25-13)21(3)4/h5-10H,1-4H3,(H,20,23,26)/b14-10+. The predicted molar refractivity (Wildman–Crippen MR) is 105 cm³/mol. The van der Waals surface area contributed by atoms with Crippen LogP contribution in [0.2, 0.25) is 0 Å². The molecule has 1 saturated heterocycles. The Hall–Kier alpha value is -2.93. The number of hydrogen-bond acceptors (Lipinski definition) is 5. The molecule has 134 valence electrons. The summed E-state index contributed by atoms with van der Waals surface area (Å²) >= 11 is 5.24. The summed E-state index contributed by atoms with van der Waals surface area (Å²) in [5.41, 5.74) is 2.50. The van der Waals surface area contributed by atoms with Gasteiger partial charge in [-0.15, -0.1) is 0 Å². The minimum absolute atomic E-state index is 0.0286. The molecule has 1 aliphatic heterocycles. The van der Waals surface area contributed by atoms with Crippen LogP contribution in [0.25, 0.3) is 6.08 Å². The van der Waals surface area contributed by atoms with Gasteiger partial charge in [0.1, 0.15) is 11.3 Å². The number of amides is 2. The van der Waals surface area contributed by atoms with Crippen molar-refractivity contribution in [3.63, 3.8) is 0 Å². The molecule has 2 amide bonds. The van der Waals surface area contributed by atoms with E-state index in [0.29, 0.717) is 17.3 Å². The molecule has 1 aliphatic rings. The molecule has 1 N–H and O–H groups in total. The second-order valence-corrected chi connectivity index (χ2v) is 6.70. The number of thiocarbonyl (C=S) groups is 1. The van der Waals surface area contributed by atoms with Crippen molar-refractivity contribution in [2.24, 2.45) is 0 Å². The van der Waals surface area contributed by atoms with Gasteiger partial charge in [0.05, 0.1) is 5.69 Å². The van der Waals surface area contributed by atoms with Gasteiger partial charge < -0.3 is 9.32 Å². The highest BCUT2D eigenvalue weighted by Crippen LogP contribution is 2.27. The van der Waals surface area contributed by atoms with E-state index >= 15 is 0 Å². The highest BCUT2D eigenvalue weighted by Gasteiger charge is 2.35. The van der Waals surface area contributed by atoms with Gasteiger partial charge >= 0.3 is 0 Å². The van der Waals surface area contributed by atoms with Crippen molar-refractivity contribution in [2.75, 3.05) is 23.9 Å². The predicted octanol–water partition coefficient (Wildman–Crippen LogP) is 2.79. The van der Waals surface area contributed by atoms with Crippen LogP contribution >= 0.6 is 12.2 Å². The third kappa shape index (κ3) is 3.25. The van der Waals surface area contributed by atoms with Crippen LogP contribution in [0.5, 0.6) is 0 Å².